The minimum atomic E-state index is -0.775. The molecule has 7 nitrogen and oxygen atoms in total. The summed E-state index contributed by atoms with van der Waals surface area (Å²) in [7, 11) is 0. The third-order valence-electron chi connectivity index (χ3n) is 4.59. The summed E-state index contributed by atoms with van der Waals surface area (Å²) >= 11 is 0. The SMILES string of the molecule is CCCC1=C2CC(C(=O)OCC)=COC2C(=O)c2cc(C(=O)OCC)[nH]c21. The van der Waals surface area contributed by atoms with Gasteiger partial charge >= 0.3 is 11.9 Å². The summed E-state index contributed by atoms with van der Waals surface area (Å²) in [6.07, 6.45) is 2.36. The van der Waals surface area contributed by atoms with Gasteiger partial charge in [-0.2, -0.15) is 0 Å². The van der Waals surface area contributed by atoms with Gasteiger partial charge in [0, 0.05) is 12.0 Å². The molecule has 2 aliphatic rings. The number of ether oxygens (including phenoxy) is 3. The van der Waals surface area contributed by atoms with Crippen molar-refractivity contribution in [3.05, 3.63) is 40.4 Å². The van der Waals surface area contributed by atoms with E-state index in [0.717, 1.165) is 17.6 Å². The number of Topliss-reactive ketones (excluding diaryl/α,β-unsaturated/α-hetero) is 1. The topological polar surface area (TPSA) is 94.7 Å². The number of nitrogens with one attached hydrogen (secondary N) is 1. The second kappa shape index (κ2) is 7.82. The normalized spacial score (nSPS) is 18.3. The lowest BCUT2D eigenvalue weighted by Crippen LogP contribution is -2.33. The summed E-state index contributed by atoms with van der Waals surface area (Å²) < 4.78 is 15.7. The van der Waals surface area contributed by atoms with E-state index < -0.39 is 18.0 Å². The van der Waals surface area contributed by atoms with Gasteiger partial charge in [0.1, 0.15) is 5.69 Å². The maximum atomic E-state index is 12.9. The fourth-order valence-electron chi connectivity index (χ4n) is 3.44. The van der Waals surface area contributed by atoms with E-state index in [-0.39, 0.29) is 31.1 Å². The zero-order valence-electron chi connectivity index (χ0n) is 15.7. The number of hydrogen-bond donors (Lipinski definition) is 1. The first-order valence-corrected chi connectivity index (χ1v) is 9.19. The molecule has 0 amide bonds. The van der Waals surface area contributed by atoms with E-state index in [0.29, 0.717) is 23.3 Å². The van der Waals surface area contributed by atoms with Crippen LogP contribution in [0.3, 0.4) is 0 Å². The first-order chi connectivity index (χ1) is 13.0. The van der Waals surface area contributed by atoms with Gasteiger partial charge in [0.25, 0.3) is 0 Å². The van der Waals surface area contributed by atoms with Crippen molar-refractivity contribution in [2.24, 2.45) is 0 Å². The van der Waals surface area contributed by atoms with Crippen LogP contribution >= 0.6 is 0 Å². The number of aromatic amines is 1. The third-order valence-corrected chi connectivity index (χ3v) is 4.59. The Labute approximate surface area is 157 Å². The number of ketones is 1. The van der Waals surface area contributed by atoms with Crippen molar-refractivity contribution in [3.63, 3.8) is 0 Å². The summed E-state index contributed by atoms with van der Waals surface area (Å²) in [5.41, 5.74) is 3.31. The van der Waals surface area contributed by atoms with Crippen molar-refractivity contribution in [1.29, 1.82) is 0 Å². The molecule has 0 spiro atoms. The second-order valence-corrected chi connectivity index (χ2v) is 6.37. The van der Waals surface area contributed by atoms with Crippen molar-refractivity contribution >= 4 is 23.3 Å². The molecule has 1 atom stereocenters. The van der Waals surface area contributed by atoms with Crippen LogP contribution in [0.4, 0.5) is 0 Å². The van der Waals surface area contributed by atoms with E-state index in [4.69, 9.17) is 14.2 Å². The van der Waals surface area contributed by atoms with Crippen molar-refractivity contribution in [1.82, 2.24) is 4.98 Å². The van der Waals surface area contributed by atoms with Crippen molar-refractivity contribution in [2.75, 3.05) is 13.2 Å². The first-order valence-electron chi connectivity index (χ1n) is 9.19. The number of hydrogen-bond acceptors (Lipinski definition) is 6. The van der Waals surface area contributed by atoms with Gasteiger partial charge in [-0.15, -0.1) is 0 Å². The molecule has 1 N–H and O–H groups in total. The molecule has 3 rings (SSSR count). The fourth-order valence-corrected chi connectivity index (χ4v) is 3.44. The Bertz CT molecular complexity index is 845. The minimum Gasteiger partial charge on any atom is -0.485 e. The van der Waals surface area contributed by atoms with Crippen LogP contribution in [0.1, 0.15) is 66.6 Å². The Morgan fingerprint density at radius 2 is 1.89 bits per heavy atom. The summed E-state index contributed by atoms with van der Waals surface area (Å²) in [5.74, 6) is -1.18. The number of H-pyrrole nitrogens is 1. The average molecular weight is 373 g/mol. The highest BCUT2D eigenvalue weighted by atomic mass is 16.5. The first kappa shape index (κ1) is 18.9. The van der Waals surface area contributed by atoms with Gasteiger partial charge in [0.05, 0.1) is 30.7 Å². The molecule has 0 bridgehead atoms. The van der Waals surface area contributed by atoms with E-state index in [2.05, 4.69) is 4.98 Å². The van der Waals surface area contributed by atoms with Crippen LogP contribution in [-0.2, 0) is 19.0 Å². The van der Waals surface area contributed by atoms with Crippen molar-refractivity contribution in [3.8, 4) is 0 Å². The molecule has 1 aromatic heterocycles. The highest BCUT2D eigenvalue weighted by molar-refractivity contribution is 6.11. The Morgan fingerprint density at radius 1 is 1.19 bits per heavy atom. The molecule has 0 saturated heterocycles. The number of allylic oxidation sites excluding steroid dienone is 1. The van der Waals surface area contributed by atoms with Crippen LogP contribution in [0.5, 0.6) is 0 Å². The van der Waals surface area contributed by atoms with Crippen molar-refractivity contribution < 1.29 is 28.6 Å². The quantitative estimate of drug-likeness (QED) is 0.770. The number of rotatable bonds is 6. The van der Waals surface area contributed by atoms with Crippen LogP contribution < -0.4 is 0 Å². The van der Waals surface area contributed by atoms with Crippen LogP contribution in [0.25, 0.3) is 5.57 Å². The predicted molar refractivity (Wildman–Crippen MR) is 97.1 cm³/mol. The smallest absolute Gasteiger partial charge is 0.354 e. The summed E-state index contributed by atoms with van der Waals surface area (Å²) in [5, 5.41) is 0. The van der Waals surface area contributed by atoms with E-state index in [1.54, 1.807) is 13.8 Å². The van der Waals surface area contributed by atoms with Gasteiger partial charge < -0.3 is 19.2 Å². The summed E-state index contributed by atoms with van der Waals surface area (Å²) in [6, 6.07) is 1.52. The highest BCUT2D eigenvalue weighted by Crippen LogP contribution is 2.40. The third kappa shape index (κ3) is 3.41. The standard InChI is InChI=1S/C20H23NO6/c1-4-7-12-13-8-11(19(23)25-5-2)10-27-18(13)17(22)14-9-15(21-16(12)14)20(24)26-6-3/h9-10,18,21H,4-8H2,1-3H3. The Kier molecular flexibility index (Phi) is 5.48. The summed E-state index contributed by atoms with van der Waals surface area (Å²) in [6.45, 7) is 6.00. The van der Waals surface area contributed by atoms with E-state index in [1.807, 2.05) is 6.92 Å². The molecule has 1 aliphatic heterocycles. The van der Waals surface area contributed by atoms with Crippen LogP contribution in [-0.4, -0.2) is 42.0 Å². The highest BCUT2D eigenvalue weighted by Gasteiger charge is 2.40. The number of fused-ring (bicyclic) bond motifs is 2. The fraction of sp³-hybridized carbons (Fsp3) is 0.450. The van der Waals surface area contributed by atoms with E-state index in [1.165, 1.54) is 12.3 Å². The Hall–Kier alpha value is -2.83. The maximum absolute atomic E-state index is 12.9. The molecule has 1 aromatic rings. The van der Waals surface area contributed by atoms with E-state index >= 15 is 0 Å². The van der Waals surface area contributed by atoms with Crippen LogP contribution in [0.2, 0.25) is 0 Å². The lowest BCUT2D eigenvalue weighted by atomic mass is 9.81. The number of aromatic nitrogens is 1. The molecule has 144 valence electrons. The molecule has 2 heterocycles. The molecule has 0 radical (unpaired) electrons. The largest absolute Gasteiger partial charge is 0.485 e. The lowest BCUT2D eigenvalue weighted by Gasteiger charge is -2.30. The number of carbonyl (C=O) groups is 3. The van der Waals surface area contributed by atoms with Gasteiger partial charge in [-0.3, -0.25) is 4.79 Å². The zero-order chi connectivity index (χ0) is 19.6. The monoisotopic (exact) mass is 373 g/mol. The van der Waals surface area contributed by atoms with Gasteiger partial charge in [-0.25, -0.2) is 9.59 Å². The maximum Gasteiger partial charge on any atom is 0.354 e. The van der Waals surface area contributed by atoms with Crippen molar-refractivity contribution in [2.45, 2.75) is 46.1 Å². The molecule has 0 fully saturated rings. The molecule has 1 aliphatic carbocycles. The van der Waals surface area contributed by atoms with E-state index in [9.17, 15) is 14.4 Å². The summed E-state index contributed by atoms with van der Waals surface area (Å²) in [4.78, 5) is 40.1. The van der Waals surface area contributed by atoms with Gasteiger partial charge in [0.2, 0.25) is 5.78 Å². The Morgan fingerprint density at radius 3 is 2.56 bits per heavy atom. The van der Waals surface area contributed by atoms with Gasteiger partial charge in [-0.05, 0) is 37.5 Å². The minimum absolute atomic E-state index is 0.231. The molecule has 0 aromatic carbocycles. The lowest BCUT2D eigenvalue weighted by molar-refractivity contribution is -0.139. The van der Waals surface area contributed by atoms with Gasteiger partial charge in [-0.1, -0.05) is 13.3 Å². The number of carbonyl (C=O) groups excluding carboxylic acids is 3. The molecule has 7 heteroatoms. The molecule has 1 unspecified atom stereocenters. The Balaban J connectivity index is 2.04. The zero-order valence-corrected chi connectivity index (χ0v) is 15.7. The molecule has 0 saturated carbocycles. The molecular weight excluding hydrogens is 350 g/mol. The molecular formula is C20H23NO6. The number of esters is 2. The predicted octanol–water partition coefficient (Wildman–Crippen LogP) is 3.18. The van der Waals surface area contributed by atoms with Crippen LogP contribution in [0.15, 0.2) is 23.5 Å². The average Bonchev–Trinajstić information content (AvgIpc) is 3.11. The second-order valence-electron chi connectivity index (χ2n) is 6.37. The van der Waals surface area contributed by atoms with Gasteiger partial charge in [0.15, 0.2) is 6.10 Å². The molecule has 27 heavy (non-hydrogen) atoms. The van der Waals surface area contributed by atoms with Crippen LogP contribution in [0, 0.1) is 0 Å².